The Kier molecular flexibility index (Phi) is 7.25. The topological polar surface area (TPSA) is 44.4 Å². The third-order valence-corrected chi connectivity index (χ3v) is 3.28. The van der Waals surface area contributed by atoms with Crippen LogP contribution >= 0.6 is 0 Å². The van der Waals surface area contributed by atoms with E-state index in [4.69, 9.17) is 0 Å². The molecule has 0 heterocycles. The minimum atomic E-state index is -0.599. The normalized spacial score (nSPS) is 12.5. The van der Waals surface area contributed by atoms with Crippen LogP contribution in [0.1, 0.15) is 24.4 Å². The maximum Gasteiger partial charge on any atom is 0.220 e. The predicted molar refractivity (Wildman–Crippen MR) is 79.0 cm³/mol. The van der Waals surface area contributed by atoms with E-state index in [9.17, 15) is 13.6 Å². The minimum Gasteiger partial charge on any atom is -0.354 e. The van der Waals surface area contributed by atoms with E-state index >= 15 is 0 Å². The number of carbonyl (C=O) groups is 1. The molecule has 0 bridgehead atoms. The standard InChI is InChI=1S/C15H23F2N3O/c1-18-9-5-8-14(21)19-10-13(20(2)3)15-11(16)6-4-7-12(15)17/h4,6-7,13,18H,5,8-10H2,1-3H3,(H,19,21). The van der Waals surface area contributed by atoms with E-state index < -0.39 is 17.7 Å². The molecule has 1 unspecified atom stereocenters. The fourth-order valence-corrected chi connectivity index (χ4v) is 2.10. The van der Waals surface area contributed by atoms with E-state index in [-0.39, 0.29) is 18.0 Å². The summed E-state index contributed by atoms with van der Waals surface area (Å²) in [5.74, 6) is -1.31. The van der Waals surface area contributed by atoms with E-state index in [1.807, 2.05) is 7.05 Å². The highest BCUT2D eigenvalue weighted by molar-refractivity contribution is 5.75. The van der Waals surface area contributed by atoms with Gasteiger partial charge >= 0.3 is 0 Å². The second kappa shape index (κ2) is 8.69. The van der Waals surface area contributed by atoms with Crippen molar-refractivity contribution in [2.45, 2.75) is 18.9 Å². The first kappa shape index (κ1) is 17.5. The van der Waals surface area contributed by atoms with Gasteiger partial charge in [0, 0.05) is 18.5 Å². The molecule has 21 heavy (non-hydrogen) atoms. The van der Waals surface area contributed by atoms with Gasteiger partial charge in [0.25, 0.3) is 0 Å². The number of nitrogens with one attached hydrogen (secondary N) is 2. The lowest BCUT2D eigenvalue weighted by atomic mass is 10.0. The molecule has 0 aliphatic heterocycles. The van der Waals surface area contributed by atoms with Gasteiger partial charge in [0.2, 0.25) is 5.91 Å². The average molecular weight is 299 g/mol. The number of amides is 1. The van der Waals surface area contributed by atoms with Gasteiger partial charge in [-0.05, 0) is 46.2 Å². The molecule has 0 spiro atoms. The highest BCUT2D eigenvalue weighted by Crippen LogP contribution is 2.23. The Bertz CT molecular complexity index is 446. The SMILES string of the molecule is CNCCCC(=O)NCC(c1c(F)cccc1F)N(C)C. The van der Waals surface area contributed by atoms with Crippen LogP contribution in [-0.4, -0.2) is 45.0 Å². The predicted octanol–water partition coefficient (Wildman–Crippen LogP) is 1.68. The van der Waals surface area contributed by atoms with Crippen molar-refractivity contribution < 1.29 is 13.6 Å². The van der Waals surface area contributed by atoms with Crippen LogP contribution in [0, 0.1) is 11.6 Å². The smallest absolute Gasteiger partial charge is 0.220 e. The summed E-state index contributed by atoms with van der Waals surface area (Å²) in [6, 6.07) is 3.24. The maximum absolute atomic E-state index is 13.8. The lowest BCUT2D eigenvalue weighted by Crippen LogP contribution is -2.35. The first-order valence-corrected chi connectivity index (χ1v) is 6.99. The second-order valence-corrected chi connectivity index (χ2v) is 5.13. The summed E-state index contributed by atoms with van der Waals surface area (Å²) in [4.78, 5) is 13.4. The molecule has 2 N–H and O–H groups in total. The van der Waals surface area contributed by atoms with Gasteiger partial charge in [-0.1, -0.05) is 6.07 Å². The number of rotatable bonds is 8. The van der Waals surface area contributed by atoms with Crippen molar-refractivity contribution in [1.82, 2.24) is 15.5 Å². The fraction of sp³-hybridized carbons (Fsp3) is 0.533. The molecular formula is C15H23F2N3O. The zero-order valence-electron chi connectivity index (χ0n) is 12.7. The third kappa shape index (κ3) is 5.40. The number of benzene rings is 1. The molecule has 6 heteroatoms. The van der Waals surface area contributed by atoms with Crippen molar-refractivity contribution in [3.8, 4) is 0 Å². The monoisotopic (exact) mass is 299 g/mol. The fourth-order valence-electron chi connectivity index (χ4n) is 2.10. The van der Waals surface area contributed by atoms with Crippen LogP contribution in [0.25, 0.3) is 0 Å². The average Bonchev–Trinajstić information content (AvgIpc) is 2.41. The van der Waals surface area contributed by atoms with E-state index in [2.05, 4.69) is 10.6 Å². The maximum atomic E-state index is 13.8. The number of nitrogens with zero attached hydrogens (tertiary/aromatic N) is 1. The highest BCUT2D eigenvalue weighted by Gasteiger charge is 2.22. The van der Waals surface area contributed by atoms with E-state index in [0.29, 0.717) is 6.42 Å². The summed E-state index contributed by atoms with van der Waals surface area (Å²) >= 11 is 0. The molecule has 118 valence electrons. The van der Waals surface area contributed by atoms with Crippen molar-refractivity contribution >= 4 is 5.91 Å². The Morgan fingerprint density at radius 2 is 1.90 bits per heavy atom. The molecule has 1 amide bonds. The van der Waals surface area contributed by atoms with Crippen LogP contribution < -0.4 is 10.6 Å². The van der Waals surface area contributed by atoms with Crippen LogP contribution in [0.3, 0.4) is 0 Å². The lowest BCUT2D eigenvalue weighted by molar-refractivity contribution is -0.121. The van der Waals surface area contributed by atoms with Crippen LogP contribution in [-0.2, 0) is 4.79 Å². The third-order valence-electron chi connectivity index (χ3n) is 3.28. The number of hydrogen-bond acceptors (Lipinski definition) is 3. The molecule has 0 aliphatic rings. The van der Waals surface area contributed by atoms with Crippen LogP contribution in [0.2, 0.25) is 0 Å². The van der Waals surface area contributed by atoms with Gasteiger partial charge in [0.1, 0.15) is 11.6 Å². The zero-order chi connectivity index (χ0) is 15.8. The van der Waals surface area contributed by atoms with E-state index in [1.165, 1.54) is 18.2 Å². The van der Waals surface area contributed by atoms with Crippen molar-refractivity contribution in [3.05, 3.63) is 35.4 Å². The molecular weight excluding hydrogens is 276 g/mol. The van der Waals surface area contributed by atoms with E-state index in [1.54, 1.807) is 19.0 Å². The zero-order valence-corrected chi connectivity index (χ0v) is 12.7. The number of carbonyl (C=O) groups excluding carboxylic acids is 1. The van der Waals surface area contributed by atoms with Gasteiger partial charge < -0.3 is 15.5 Å². The molecule has 4 nitrogen and oxygen atoms in total. The number of halogens is 2. The molecule has 1 rings (SSSR count). The summed E-state index contributed by atoms with van der Waals surface area (Å²) in [6.07, 6.45) is 1.11. The largest absolute Gasteiger partial charge is 0.354 e. The van der Waals surface area contributed by atoms with Crippen LogP contribution in [0.4, 0.5) is 8.78 Å². The summed E-state index contributed by atoms with van der Waals surface area (Å²) in [6.45, 7) is 0.926. The van der Waals surface area contributed by atoms with Gasteiger partial charge in [-0.3, -0.25) is 4.79 Å². The molecule has 0 aromatic heterocycles. The van der Waals surface area contributed by atoms with Gasteiger partial charge in [0.15, 0.2) is 0 Å². The molecule has 0 saturated heterocycles. The Morgan fingerprint density at radius 1 is 1.29 bits per heavy atom. The molecule has 0 radical (unpaired) electrons. The quantitative estimate of drug-likeness (QED) is 0.718. The number of likely N-dealkylation sites (N-methyl/N-ethyl adjacent to an activating group) is 1. The van der Waals surface area contributed by atoms with Crippen LogP contribution in [0.5, 0.6) is 0 Å². The van der Waals surface area contributed by atoms with Gasteiger partial charge in [-0.15, -0.1) is 0 Å². The Labute approximate surface area is 124 Å². The summed E-state index contributed by atoms with van der Waals surface area (Å²) in [5, 5.41) is 5.69. The first-order valence-electron chi connectivity index (χ1n) is 6.99. The minimum absolute atomic E-state index is 0.0157. The Morgan fingerprint density at radius 3 is 2.43 bits per heavy atom. The molecule has 1 atom stereocenters. The van der Waals surface area contributed by atoms with Crippen LogP contribution in [0.15, 0.2) is 18.2 Å². The molecule has 0 aliphatic carbocycles. The molecule has 0 fully saturated rings. The molecule has 1 aromatic rings. The van der Waals surface area contributed by atoms with Gasteiger partial charge in [0.05, 0.1) is 6.04 Å². The van der Waals surface area contributed by atoms with Gasteiger partial charge in [-0.25, -0.2) is 8.78 Å². The Balaban J connectivity index is 2.69. The Hall–Kier alpha value is -1.53. The summed E-state index contributed by atoms with van der Waals surface area (Å²) in [7, 11) is 5.27. The van der Waals surface area contributed by atoms with Crippen molar-refractivity contribution in [2.75, 3.05) is 34.2 Å². The van der Waals surface area contributed by atoms with E-state index in [0.717, 1.165) is 13.0 Å². The molecule has 0 saturated carbocycles. The summed E-state index contributed by atoms with van der Waals surface area (Å²) < 4.78 is 27.7. The first-order chi connectivity index (χ1) is 9.97. The van der Waals surface area contributed by atoms with Crippen molar-refractivity contribution in [1.29, 1.82) is 0 Å². The summed E-state index contributed by atoms with van der Waals surface area (Å²) in [5.41, 5.74) is -0.0157. The lowest BCUT2D eigenvalue weighted by Gasteiger charge is -2.25. The number of hydrogen-bond donors (Lipinski definition) is 2. The second-order valence-electron chi connectivity index (χ2n) is 5.13. The molecule has 1 aromatic carbocycles. The van der Waals surface area contributed by atoms with Gasteiger partial charge in [-0.2, -0.15) is 0 Å². The highest BCUT2D eigenvalue weighted by atomic mass is 19.1. The van der Waals surface area contributed by atoms with Crippen molar-refractivity contribution in [3.63, 3.8) is 0 Å². The van der Waals surface area contributed by atoms with Crippen molar-refractivity contribution in [2.24, 2.45) is 0 Å².